The number of hydrogen-bond donors (Lipinski definition) is 2. The van der Waals surface area contributed by atoms with Gasteiger partial charge in [0.1, 0.15) is 17.7 Å². The Labute approximate surface area is 219 Å². The second-order valence-electron chi connectivity index (χ2n) is 9.30. The summed E-state index contributed by atoms with van der Waals surface area (Å²) < 4.78 is 46.0. The molecule has 1 aliphatic heterocycles. The molecule has 204 valence electrons. The van der Waals surface area contributed by atoms with Gasteiger partial charge in [0.05, 0.1) is 17.0 Å². The van der Waals surface area contributed by atoms with Crippen molar-refractivity contribution in [1.29, 1.82) is 0 Å². The van der Waals surface area contributed by atoms with E-state index in [9.17, 15) is 22.8 Å². The number of likely N-dealkylation sites (tertiary alicyclic amines) is 1. The molecule has 1 aromatic carbocycles. The highest BCUT2D eigenvalue weighted by molar-refractivity contribution is 6.12. The predicted octanol–water partition coefficient (Wildman–Crippen LogP) is 2.71. The molecule has 5 rings (SSSR count). The molecular formula is C24H24F3N9O3. The number of likely N-dealkylation sites (N-methyl/N-ethyl adjacent to an activating group) is 1. The van der Waals surface area contributed by atoms with E-state index in [0.29, 0.717) is 31.7 Å². The number of benzene rings is 1. The average Bonchev–Trinajstić information content (AvgIpc) is 3.59. The first kappa shape index (κ1) is 26.1. The fourth-order valence-corrected chi connectivity index (χ4v) is 4.33. The first-order chi connectivity index (χ1) is 18.5. The fraction of sp³-hybridized carbons (Fsp3) is 0.333. The molecule has 15 heteroatoms. The first-order valence-corrected chi connectivity index (χ1v) is 11.9. The minimum atomic E-state index is -4.55. The van der Waals surface area contributed by atoms with Gasteiger partial charge in [0.2, 0.25) is 5.91 Å². The van der Waals surface area contributed by atoms with Gasteiger partial charge in [-0.3, -0.25) is 14.9 Å². The standard InChI is InChI=1S/C24H24F3N9O3/c1-34(2)8-3-4-17(37)35-9-7-14(11-35)36-21-18(20(28)29-12-30-21)19(33-36)22(38)32-23-31-15-10-13(24(25,26)27)5-6-16(15)39-23/h3-6,10,12,14H,7-9,11H2,1-2H3,(H2,28,29,30)(H,31,32,38). The van der Waals surface area contributed by atoms with Gasteiger partial charge in [0.15, 0.2) is 16.9 Å². The molecule has 12 nitrogen and oxygen atoms in total. The molecular weight excluding hydrogens is 519 g/mol. The average molecular weight is 544 g/mol. The monoisotopic (exact) mass is 543 g/mol. The number of fused-ring (bicyclic) bond motifs is 2. The zero-order valence-corrected chi connectivity index (χ0v) is 20.9. The highest BCUT2D eigenvalue weighted by Crippen LogP contribution is 2.33. The molecule has 0 saturated carbocycles. The number of rotatable bonds is 6. The van der Waals surface area contributed by atoms with E-state index in [-0.39, 0.29) is 46.0 Å². The summed E-state index contributed by atoms with van der Waals surface area (Å²) in [6.07, 6.45) is 0.578. The number of carbonyl (C=O) groups is 2. The molecule has 39 heavy (non-hydrogen) atoms. The molecule has 0 aliphatic carbocycles. The lowest BCUT2D eigenvalue weighted by atomic mass is 10.2. The summed E-state index contributed by atoms with van der Waals surface area (Å²) >= 11 is 0. The van der Waals surface area contributed by atoms with Gasteiger partial charge in [-0.1, -0.05) is 6.08 Å². The number of nitrogens with zero attached hydrogens (tertiary/aromatic N) is 7. The van der Waals surface area contributed by atoms with Gasteiger partial charge >= 0.3 is 12.2 Å². The van der Waals surface area contributed by atoms with E-state index in [1.807, 2.05) is 19.0 Å². The van der Waals surface area contributed by atoms with Gasteiger partial charge < -0.3 is 20.0 Å². The summed E-state index contributed by atoms with van der Waals surface area (Å²) in [5.41, 5.74) is 5.35. The van der Waals surface area contributed by atoms with Gasteiger partial charge in [-0.15, -0.1) is 0 Å². The zero-order chi connectivity index (χ0) is 27.9. The van der Waals surface area contributed by atoms with Crippen LogP contribution in [0.3, 0.4) is 0 Å². The molecule has 4 heterocycles. The number of anilines is 2. The van der Waals surface area contributed by atoms with Crippen LogP contribution >= 0.6 is 0 Å². The minimum absolute atomic E-state index is 0.0151. The smallest absolute Gasteiger partial charge is 0.416 e. The van der Waals surface area contributed by atoms with E-state index in [0.717, 1.165) is 18.2 Å². The largest absolute Gasteiger partial charge is 0.423 e. The highest BCUT2D eigenvalue weighted by atomic mass is 19.4. The quantitative estimate of drug-likeness (QED) is 0.350. The second-order valence-corrected chi connectivity index (χ2v) is 9.30. The van der Waals surface area contributed by atoms with Crippen LogP contribution in [-0.4, -0.2) is 80.1 Å². The third kappa shape index (κ3) is 5.25. The maximum atomic E-state index is 13.2. The maximum Gasteiger partial charge on any atom is 0.416 e. The van der Waals surface area contributed by atoms with Gasteiger partial charge in [-0.05, 0) is 38.7 Å². The molecule has 4 aromatic rings. The number of nitrogens with one attached hydrogen (secondary N) is 1. The van der Waals surface area contributed by atoms with Crippen molar-refractivity contribution in [1.82, 2.24) is 34.5 Å². The molecule has 1 atom stereocenters. The summed E-state index contributed by atoms with van der Waals surface area (Å²) in [5.74, 6) is -0.880. The maximum absolute atomic E-state index is 13.2. The predicted molar refractivity (Wildman–Crippen MR) is 135 cm³/mol. The second kappa shape index (κ2) is 9.98. The number of amides is 2. The third-order valence-electron chi connectivity index (χ3n) is 6.22. The van der Waals surface area contributed by atoms with E-state index in [1.54, 1.807) is 15.7 Å². The van der Waals surface area contributed by atoms with Crippen molar-refractivity contribution in [2.75, 3.05) is 44.8 Å². The molecule has 1 unspecified atom stereocenters. The van der Waals surface area contributed by atoms with E-state index in [1.165, 1.54) is 12.4 Å². The Morgan fingerprint density at radius 2 is 2.08 bits per heavy atom. The van der Waals surface area contributed by atoms with E-state index in [4.69, 9.17) is 10.2 Å². The van der Waals surface area contributed by atoms with Gasteiger partial charge in [-0.2, -0.15) is 23.3 Å². The van der Waals surface area contributed by atoms with Gasteiger partial charge in [-0.25, -0.2) is 14.6 Å². The van der Waals surface area contributed by atoms with Crippen LogP contribution in [0.4, 0.5) is 25.0 Å². The highest BCUT2D eigenvalue weighted by Gasteiger charge is 2.33. The molecule has 3 aromatic heterocycles. The van der Waals surface area contributed by atoms with Crippen molar-refractivity contribution in [3.63, 3.8) is 0 Å². The Bertz CT molecular complexity index is 1590. The summed E-state index contributed by atoms with van der Waals surface area (Å²) in [5, 5.41) is 7.07. The molecule has 1 aliphatic rings. The van der Waals surface area contributed by atoms with E-state index in [2.05, 4.69) is 25.4 Å². The number of aromatic nitrogens is 5. The van der Waals surface area contributed by atoms with Crippen molar-refractivity contribution >= 4 is 45.8 Å². The summed E-state index contributed by atoms with van der Waals surface area (Å²) in [4.78, 5) is 41.6. The minimum Gasteiger partial charge on any atom is -0.423 e. The summed E-state index contributed by atoms with van der Waals surface area (Å²) in [7, 11) is 3.80. The van der Waals surface area contributed by atoms with E-state index < -0.39 is 17.6 Å². The molecule has 2 amide bonds. The Hall–Kier alpha value is -4.53. The summed E-state index contributed by atoms with van der Waals surface area (Å²) in [6, 6.07) is 2.22. The summed E-state index contributed by atoms with van der Waals surface area (Å²) in [6.45, 7) is 1.46. The Morgan fingerprint density at radius 1 is 1.28 bits per heavy atom. The van der Waals surface area contributed by atoms with Crippen LogP contribution in [0.25, 0.3) is 22.1 Å². The molecule has 3 N–H and O–H groups in total. The van der Waals surface area contributed by atoms with E-state index >= 15 is 0 Å². The number of hydrogen-bond acceptors (Lipinski definition) is 9. The zero-order valence-electron chi connectivity index (χ0n) is 20.9. The normalized spacial score (nSPS) is 16.3. The van der Waals surface area contributed by atoms with Crippen molar-refractivity contribution < 1.29 is 27.2 Å². The van der Waals surface area contributed by atoms with Crippen molar-refractivity contribution in [2.24, 2.45) is 0 Å². The number of carbonyl (C=O) groups excluding carboxylic acids is 2. The number of halogens is 3. The molecule has 1 fully saturated rings. The lowest BCUT2D eigenvalue weighted by Gasteiger charge is -2.15. The lowest BCUT2D eigenvalue weighted by Crippen LogP contribution is -2.28. The van der Waals surface area contributed by atoms with Crippen molar-refractivity contribution in [2.45, 2.75) is 18.6 Å². The van der Waals surface area contributed by atoms with Crippen molar-refractivity contribution in [3.8, 4) is 0 Å². The van der Waals surface area contributed by atoms with Crippen molar-refractivity contribution in [3.05, 3.63) is 47.9 Å². The van der Waals surface area contributed by atoms with Crippen LogP contribution in [0.5, 0.6) is 0 Å². The Morgan fingerprint density at radius 3 is 2.82 bits per heavy atom. The molecule has 0 spiro atoms. The number of oxazole rings is 1. The van der Waals surface area contributed by atoms with Gasteiger partial charge in [0, 0.05) is 25.7 Å². The van der Waals surface area contributed by atoms with Crippen LogP contribution < -0.4 is 11.1 Å². The van der Waals surface area contributed by atoms with Crippen LogP contribution in [0, 0.1) is 0 Å². The number of nitrogen functional groups attached to an aromatic ring is 1. The Balaban J connectivity index is 1.40. The number of alkyl halides is 3. The Kier molecular flexibility index (Phi) is 6.68. The first-order valence-electron chi connectivity index (χ1n) is 11.9. The molecule has 1 saturated heterocycles. The van der Waals surface area contributed by atoms with Crippen LogP contribution in [0.1, 0.15) is 28.5 Å². The van der Waals surface area contributed by atoms with Crippen LogP contribution in [0.2, 0.25) is 0 Å². The van der Waals surface area contributed by atoms with Crippen LogP contribution in [0.15, 0.2) is 41.1 Å². The van der Waals surface area contributed by atoms with Crippen LogP contribution in [-0.2, 0) is 11.0 Å². The molecule has 0 bridgehead atoms. The fourth-order valence-electron chi connectivity index (χ4n) is 4.33. The third-order valence-corrected chi connectivity index (χ3v) is 6.22. The lowest BCUT2D eigenvalue weighted by molar-refractivity contribution is -0.137. The number of nitrogens with two attached hydrogens (primary N) is 1. The molecule has 0 radical (unpaired) electrons. The SMILES string of the molecule is CN(C)CC=CC(=O)N1CCC(n2nc(C(=O)Nc3nc4cc(C(F)(F)F)ccc4o3)c3c(N)ncnc32)C1. The van der Waals surface area contributed by atoms with Gasteiger partial charge in [0.25, 0.3) is 5.91 Å². The topological polar surface area (TPSA) is 148 Å².